The minimum atomic E-state index is -3.60. The van der Waals surface area contributed by atoms with Crippen molar-refractivity contribution in [3.63, 3.8) is 0 Å². The smallest absolute Gasteiger partial charge is 0.278 e. The maximum atomic E-state index is 12.8. The van der Waals surface area contributed by atoms with E-state index in [0.29, 0.717) is 55.0 Å². The number of amides is 1. The summed E-state index contributed by atoms with van der Waals surface area (Å²) in [5.74, 6) is 0.300. The van der Waals surface area contributed by atoms with E-state index in [1.54, 1.807) is 38.2 Å². The normalized spacial score (nSPS) is 14.4. The van der Waals surface area contributed by atoms with Crippen molar-refractivity contribution in [2.45, 2.75) is 6.92 Å². The Hall–Kier alpha value is -3.88. The second kappa shape index (κ2) is 13.1. The van der Waals surface area contributed by atoms with Gasteiger partial charge in [-0.1, -0.05) is 0 Å². The molecule has 1 aromatic carbocycles. The van der Waals surface area contributed by atoms with Gasteiger partial charge in [0.05, 0.1) is 48.7 Å². The lowest BCUT2D eigenvalue weighted by molar-refractivity contribution is 0.0365. The van der Waals surface area contributed by atoms with Gasteiger partial charge >= 0.3 is 0 Å². The Balaban J connectivity index is 2.07. The van der Waals surface area contributed by atoms with Crippen molar-refractivity contribution in [2.75, 3.05) is 73.1 Å². The lowest BCUT2D eigenvalue weighted by Crippen LogP contribution is -2.36. The van der Waals surface area contributed by atoms with Gasteiger partial charge in [0.2, 0.25) is 10.0 Å². The third-order valence-corrected chi connectivity index (χ3v) is 6.86. The van der Waals surface area contributed by atoms with Gasteiger partial charge in [-0.15, -0.1) is 0 Å². The van der Waals surface area contributed by atoms with Crippen molar-refractivity contribution in [1.82, 2.24) is 10.5 Å². The van der Waals surface area contributed by atoms with Gasteiger partial charge in [0, 0.05) is 45.1 Å². The summed E-state index contributed by atoms with van der Waals surface area (Å²) >= 11 is 0. The number of sulfonamides is 1. The molecule has 0 saturated carbocycles. The number of aromatic nitrogens is 1. The van der Waals surface area contributed by atoms with Crippen LogP contribution in [0.2, 0.25) is 0 Å². The number of hydroxylamine groups is 1. The summed E-state index contributed by atoms with van der Waals surface area (Å²) in [5, 5.41) is 6.24. The molecule has 0 spiro atoms. The molecule has 1 amide bonds. The molecule has 1 aliphatic rings. The summed E-state index contributed by atoms with van der Waals surface area (Å²) in [5.41, 5.74) is 10.1. The van der Waals surface area contributed by atoms with Gasteiger partial charge in [-0.3, -0.25) is 18.9 Å². The molecule has 3 rings (SSSR count). The largest absolute Gasteiger partial charge is 0.404 e. The van der Waals surface area contributed by atoms with Crippen molar-refractivity contribution in [2.24, 2.45) is 10.7 Å². The molecular formula is C24H34N8O5S. The van der Waals surface area contributed by atoms with Crippen molar-refractivity contribution >= 4 is 50.3 Å². The summed E-state index contributed by atoms with van der Waals surface area (Å²) in [6, 6.07) is 7.07. The van der Waals surface area contributed by atoms with Crippen molar-refractivity contribution in [3.05, 3.63) is 48.3 Å². The second-order valence-corrected chi connectivity index (χ2v) is 10.2. The predicted octanol–water partition coefficient (Wildman–Crippen LogP) is 1.65. The summed E-state index contributed by atoms with van der Waals surface area (Å²) in [4.78, 5) is 28.4. The van der Waals surface area contributed by atoms with Crippen molar-refractivity contribution < 1.29 is 22.8 Å². The highest BCUT2D eigenvalue weighted by Crippen LogP contribution is 2.35. The number of pyridine rings is 1. The number of ether oxygens (including phenoxy) is 1. The molecule has 13 nitrogen and oxygen atoms in total. The quantitative estimate of drug-likeness (QED) is 0.196. The van der Waals surface area contributed by atoms with E-state index in [-0.39, 0.29) is 12.2 Å². The lowest BCUT2D eigenvalue weighted by Gasteiger charge is -2.30. The number of anilines is 5. The zero-order valence-corrected chi connectivity index (χ0v) is 22.7. The number of morpholine rings is 1. The number of nitrogens with two attached hydrogens (primary N) is 1. The first-order valence-electron chi connectivity index (χ1n) is 11.9. The SMILES string of the molecule is CCONC(=O)c1cnc(NC(C=CN)=NC)cc1Nc1ccc(N2CCOCC2)cc1N(C)S(C)(=O)=O. The Labute approximate surface area is 222 Å². The average Bonchev–Trinajstić information content (AvgIpc) is 2.91. The fraction of sp³-hybridized carbons (Fsp3) is 0.375. The van der Waals surface area contributed by atoms with E-state index in [9.17, 15) is 13.2 Å². The fourth-order valence-electron chi connectivity index (χ4n) is 3.62. The van der Waals surface area contributed by atoms with E-state index in [2.05, 4.69) is 31.0 Å². The van der Waals surface area contributed by atoms with E-state index < -0.39 is 15.9 Å². The molecule has 2 heterocycles. The second-order valence-electron chi connectivity index (χ2n) is 8.23. The molecule has 0 aliphatic carbocycles. The highest BCUT2D eigenvalue weighted by Gasteiger charge is 2.21. The molecule has 14 heteroatoms. The highest BCUT2D eigenvalue weighted by atomic mass is 32.2. The standard InChI is InChI=1S/C24H34N8O5S/c1-5-37-30-24(33)18-16-27-23(29-22(26-2)8-9-25)15-20(18)28-19-7-6-17(32-10-12-36-13-11-32)14-21(19)31(3)38(4,34)35/h6-9,14-16H,5,10-13,25H2,1-4H3,(H,30,33)(H2,26,27,28,29). The van der Waals surface area contributed by atoms with Crippen LogP contribution in [0, 0.1) is 0 Å². The highest BCUT2D eigenvalue weighted by molar-refractivity contribution is 7.92. The predicted molar refractivity (Wildman–Crippen MR) is 150 cm³/mol. The number of hydrogen-bond donors (Lipinski definition) is 4. The maximum absolute atomic E-state index is 12.8. The number of nitrogens with one attached hydrogen (secondary N) is 3. The molecule has 0 unspecified atom stereocenters. The number of carbonyl (C=O) groups is 1. The Kier molecular flexibility index (Phi) is 9.87. The van der Waals surface area contributed by atoms with Crippen LogP contribution in [0.5, 0.6) is 0 Å². The number of aliphatic imine (C=N–C) groups is 1. The number of carbonyl (C=O) groups excluding carboxylic acids is 1. The Bertz CT molecular complexity index is 1290. The molecule has 38 heavy (non-hydrogen) atoms. The van der Waals surface area contributed by atoms with Crippen LogP contribution < -0.4 is 31.1 Å². The third kappa shape index (κ3) is 7.34. The van der Waals surface area contributed by atoms with Gasteiger partial charge in [0.25, 0.3) is 5.91 Å². The topological polar surface area (TPSA) is 164 Å². The minimum Gasteiger partial charge on any atom is -0.404 e. The van der Waals surface area contributed by atoms with Crippen LogP contribution in [0.15, 0.2) is 47.7 Å². The average molecular weight is 547 g/mol. The molecule has 1 fully saturated rings. The van der Waals surface area contributed by atoms with Crippen molar-refractivity contribution in [3.8, 4) is 0 Å². The van der Waals surface area contributed by atoms with E-state index in [1.807, 2.05) is 6.07 Å². The Morgan fingerprint density at radius 2 is 2.03 bits per heavy atom. The van der Waals surface area contributed by atoms with Gasteiger partial charge < -0.3 is 26.0 Å². The molecule has 206 valence electrons. The van der Waals surface area contributed by atoms with Gasteiger partial charge in [-0.25, -0.2) is 18.9 Å². The summed E-state index contributed by atoms with van der Waals surface area (Å²) in [7, 11) is -0.531. The first kappa shape index (κ1) is 28.7. The van der Waals surface area contributed by atoms with Crippen LogP contribution in [0.25, 0.3) is 0 Å². The zero-order valence-electron chi connectivity index (χ0n) is 21.9. The number of benzene rings is 1. The molecule has 5 N–H and O–H groups in total. The summed E-state index contributed by atoms with van der Waals surface area (Å²) in [6.45, 7) is 4.57. The number of amidine groups is 1. The van der Waals surface area contributed by atoms with Gasteiger partial charge in [0.15, 0.2) is 0 Å². The first-order valence-corrected chi connectivity index (χ1v) is 13.7. The molecular weight excluding hydrogens is 512 g/mol. The van der Waals surface area contributed by atoms with Crippen LogP contribution in [0.1, 0.15) is 17.3 Å². The van der Waals surface area contributed by atoms with E-state index in [0.717, 1.165) is 11.9 Å². The van der Waals surface area contributed by atoms with E-state index >= 15 is 0 Å². The Morgan fingerprint density at radius 1 is 1.29 bits per heavy atom. The minimum absolute atomic E-state index is 0.179. The number of hydrogen-bond acceptors (Lipinski definition) is 10. The lowest BCUT2D eigenvalue weighted by atomic mass is 10.1. The molecule has 0 bridgehead atoms. The zero-order chi connectivity index (χ0) is 27.7. The maximum Gasteiger partial charge on any atom is 0.278 e. The molecule has 0 atom stereocenters. The van der Waals surface area contributed by atoms with Gasteiger partial charge in [-0.2, -0.15) is 0 Å². The summed E-state index contributed by atoms with van der Waals surface area (Å²) in [6.07, 6.45) is 5.40. The molecule has 1 aromatic heterocycles. The molecule has 0 radical (unpaired) electrons. The van der Waals surface area contributed by atoms with Gasteiger partial charge in [0.1, 0.15) is 11.7 Å². The first-order chi connectivity index (χ1) is 18.2. The van der Waals surface area contributed by atoms with E-state index in [1.165, 1.54) is 23.7 Å². The molecule has 1 aliphatic heterocycles. The molecule has 2 aromatic rings. The Morgan fingerprint density at radius 3 is 2.66 bits per heavy atom. The van der Waals surface area contributed by atoms with Crippen molar-refractivity contribution in [1.29, 1.82) is 0 Å². The van der Waals surface area contributed by atoms with Crippen LogP contribution in [-0.2, 0) is 19.6 Å². The van der Waals surface area contributed by atoms with Crippen LogP contribution >= 0.6 is 0 Å². The van der Waals surface area contributed by atoms with Crippen LogP contribution in [0.3, 0.4) is 0 Å². The molecule has 1 saturated heterocycles. The van der Waals surface area contributed by atoms with E-state index in [4.69, 9.17) is 15.3 Å². The van der Waals surface area contributed by atoms with Crippen LogP contribution in [-0.4, -0.2) is 78.4 Å². The summed E-state index contributed by atoms with van der Waals surface area (Å²) < 4.78 is 31.7. The fourth-order valence-corrected chi connectivity index (χ4v) is 4.13. The number of rotatable bonds is 10. The number of nitrogens with zero attached hydrogens (tertiary/aromatic N) is 4. The van der Waals surface area contributed by atoms with Gasteiger partial charge in [-0.05, 0) is 37.4 Å². The monoisotopic (exact) mass is 546 g/mol. The third-order valence-electron chi connectivity index (χ3n) is 5.67. The van der Waals surface area contributed by atoms with Crippen LogP contribution in [0.4, 0.5) is 28.6 Å².